The number of rotatable bonds is 6. The van der Waals surface area contributed by atoms with Crippen LogP contribution >= 0.6 is 0 Å². The lowest BCUT2D eigenvalue weighted by Gasteiger charge is -2.15. The quantitative estimate of drug-likeness (QED) is 0.441. The highest BCUT2D eigenvalue weighted by atomic mass is 32.2. The molecule has 0 radical (unpaired) electrons. The summed E-state index contributed by atoms with van der Waals surface area (Å²) in [6.07, 6.45) is 1.60. The van der Waals surface area contributed by atoms with Crippen molar-refractivity contribution < 1.29 is 12.8 Å². The van der Waals surface area contributed by atoms with E-state index in [1.807, 2.05) is 0 Å². The Morgan fingerprint density at radius 2 is 1.79 bits per heavy atom. The van der Waals surface area contributed by atoms with Gasteiger partial charge in [-0.05, 0) is 42.5 Å². The standard InChI is InChI=1S/C23H19FN6O2S/c1-30(2)22-14-26-20-11-10-19(17(13-25)23(20)28-22)27-21-12-15(8-9-18(21)24)29-33(31,32)16-6-4-3-5-7-16/h3-12,14,27,29H,1-2H3. The van der Waals surface area contributed by atoms with Gasteiger partial charge in [-0.3, -0.25) is 9.71 Å². The van der Waals surface area contributed by atoms with Gasteiger partial charge in [0.1, 0.15) is 28.8 Å². The molecule has 0 unspecified atom stereocenters. The summed E-state index contributed by atoms with van der Waals surface area (Å²) < 4.78 is 42.2. The highest BCUT2D eigenvalue weighted by molar-refractivity contribution is 7.92. The molecule has 8 nitrogen and oxygen atoms in total. The van der Waals surface area contributed by atoms with Crippen molar-refractivity contribution in [3.8, 4) is 6.07 Å². The van der Waals surface area contributed by atoms with Crippen LogP contribution in [0.2, 0.25) is 0 Å². The molecule has 0 bridgehead atoms. The fourth-order valence-corrected chi connectivity index (χ4v) is 4.21. The number of fused-ring (bicyclic) bond motifs is 1. The van der Waals surface area contributed by atoms with Crippen LogP contribution in [0.15, 0.2) is 71.8 Å². The molecule has 1 heterocycles. The van der Waals surface area contributed by atoms with Crippen molar-refractivity contribution in [2.75, 3.05) is 29.0 Å². The van der Waals surface area contributed by atoms with Gasteiger partial charge in [0.25, 0.3) is 10.0 Å². The summed E-state index contributed by atoms with van der Waals surface area (Å²) in [5.41, 5.74) is 1.56. The van der Waals surface area contributed by atoms with Gasteiger partial charge in [-0.15, -0.1) is 0 Å². The first-order valence-electron chi connectivity index (χ1n) is 9.80. The van der Waals surface area contributed by atoms with E-state index in [4.69, 9.17) is 0 Å². The predicted molar refractivity (Wildman–Crippen MR) is 126 cm³/mol. The van der Waals surface area contributed by atoms with E-state index < -0.39 is 15.8 Å². The van der Waals surface area contributed by atoms with E-state index in [1.54, 1.807) is 55.5 Å². The van der Waals surface area contributed by atoms with Gasteiger partial charge in [-0.1, -0.05) is 18.2 Å². The summed E-state index contributed by atoms with van der Waals surface area (Å²) in [6.45, 7) is 0. The Bertz CT molecular complexity index is 1480. The summed E-state index contributed by atoms with van der Waals surface area (Å²) >= 11 is 0. The van der Waals surface area contributed by atoms with Crippen molar-refractivity contribution in [3.63, 3.8) is 0 Å². The largest absolute Gasteiger partial charge is 0.361 e. The zero-order valence-corrected chi connectivity index (χ0v) is 18.6. The third-order valence-electron chi connectivity index (χ3n) is 4.81. The first-order chi connectivity index (χ1) is 15.8. The molecule has 0 spiro atoms. The number of nitrogens with one attached hydrogen (secondary N) is 2. The molecular formula is C23H19FN6O2S. The molecule has 4 rings (SSSR count). The van der Waals surface area contributed by atoms with Crippen molar-refractivity contribution in [2.45, 2.75) is 4.90 Å². The van der Waals surface area contributed by atoms with E-state index in [2.05, 4.69) is 26.1 Å². The smallest absolute Gasteiger partial charge is 0.261 e. The first-order valence-corrected chi connectivity index (χ1v) is 11.3. The average molecular weight is 463 g/mol. The van der Waals surface area contributed by atoms with Gasteiger partial charge in [0.15, 0.2) is 0 Å². The molecule has 33 heavy (non-hydrogen) atoms. The summed E-state index contributed by atoms with van der Waals surface area (Å²) in [5.74, 6) is -0.0468. The Hall–Kier alpha value is -4.23. The Labute approximate surface area is 190 Å². The van der Waals surface area contributed by atoms with E-state index in [9.17, 15) is 18.1 Å². The Kier molecular flexibility index (Phi) is 5.81. The highest BCUT2D eigenvalue weighted by Gasteiger charge is 2.16. The molecule has 4 aromatic rings. The van der Waals surface area contributed by atoms with Crippen LogP contribution < -0.4 is 14.9 Å². The molecule has 3 aromatic carbocycles. The van der Waals surface area contributed by atoms with E-state index in [1.165, 1.54) is 24.3 Å². The van der Waals surface area contributed by atoms with Crippen molar-refractivity contribution in [1.82, 2.24) is 9.97 Å². The van der Waals surface area contributed by atoms with E-state index in [0.717, 1.165) is 6.07 Å². The SMILES string of the molecule is CN(C)c1cnc2ccc(Nc3cc(NS(=O)(=O)c4ccccc4)ccc3F)c(C#N)c2n1. The maximum atomic E-state index is 14.6. The maximum Gasteiger partial charge on any atom is 0.261 e. The molecular weight excluding hydrogens is 443 g/mol. The second-order valence-corrected chi connectivity index (χ2v) is 9.01. The van der Waals surface area contributed by atoms with Gasteiger partial charge in [-0.25, -0.2) is 17.8 Å². The number of anilines is 4. The second kappa shape index (κ2) is 8.72. The lowest BCUT2D eigenvalue weighted by Crippen LogP contribution is -2.13. The molecule has 0 aliphatic rings. The highest BCUT2D eigenvalue weighted by Crippen LogP contribution is 2.30. The van der Waals surface area contributed by atoms with E-state index in [0.29, 0.717) is 22.5 Å². The number of hydrogen-bond acceptors (Lipinski definition) is 7. The molecule has 2 N–H and O–H groups in total. The zero-order chi connectivity index (χ0) is 23.6. The third-order valence-corrected chi connectivity index (χ3v) is 6.21. The molecule has 0 aliphatic carbocycles. The molecule has 1 aromatic heterocycles. The molecule has 0 saturated heterocycles. The van der Waals surface area contributed by atoms with Crippen molar-refractivity contribution in [2.24, 2.45) is 0 Å². The first kappa shape index (κ1) is 22.0. The number of nitrogens with zero attached hydrogens (tertiary/aromatic N) is 4. The Morgan fingerprint density at radius 3 is 2.48 bits per heavy atom. The van der Waals surface area contributed by atoms with Crippen LogP contribution in [0, 0.1) is 17.1 Å². The Morgan fingerprint density at radius 1 is 1.03 bits per heavy atom. The van der Waals surface area contributed by atoms with Gasteiger partial charge < -0.3 is 10.2 Å². The van der Waals surface area contributed by atoms with Crippen LogP contribution in [0.3, 0.4) is 0 Å². The van der Waals surface area contributed by atoms with Crippen molar-refractivity contribution in [3.05, 3.63) is 78.2 Å². The monoisotopic (exact) mass is 462 g/mol. The average Bonchev–Trinajstić information content (AvgIpc) is 2.81. The van der Waals surface area contributed by atoms with Crippen LogP contribution in [-0.2, 0) is 10.0 Å². The van der Waals surface area contributed by atoms with Gasteiger partial charge in [-0.2, -0.15) is 5.26 Å². The molecule has 10 heteroatoms. The number of nitriles is 1. The number of aromatic nitrogens is 2. The van der Waals surface area contributed by atoms with Gasteiger partial charge in [0.05, 0.1) is 33.7 Å². The van der Waals surface area contributed by atoms with Crippen LogP contribution in [0.5, 0.6) is 0 Å². The minimum atomic E-state index is -3.85. The maximum absolute atomic E-state index is 14.6. The normalized spacial score (nSPS) is 11.1. The molecule has 0 fully saturated rings. The molecule has 0 saturated carbocycles. The van der Waals surface area contributed by atoms with Crippen molar-refractivity contribution in [1.29, 1.82) is 5.26 Å². The minimum Gasteiger partial charge on any atom is -0.361 e. The molecule has 0 aliphatic heterocycles. The summed E-state index contributed by atoms with van der Waals surface area (Å²) in [7, 11) is -0.232. The summed E-state index contributed by atoms with van der Waals surface area (Å²) in [4.78, 5) is 10.7. The lowest BCUT2D eigenvalue weighted by atomic mass is 10.1. The van der Waals surface area contributed by atoms with Gasteiger partial charge >= 0.3 is 0 Å². The predicted octanol–water partition coefficient (Wildman–Crippen LogP) is 4.25. The minimum absolute atomic E-state index is 0.00386. The van der Waals surface area contributed by atoms with Gasteiger partial charge in [0, 0.05) is 14.1 Å². The summed E-state index contributed by atoms with van der Waals surface area (Å²) in [5, 5.41) is 12.7. The van der Waals surface area contributed by atoms with Crippen LogP contribution in [0.4, 0.5) is 27.3 Å². The Balaban J connectivity index is 1.70. The zero-order valence-electron chi connectivity index (χ0n) is 17.7. The molecule has 166 valence electrons. The topological polar surface area (TPSA) is 111 Å². The van der Waals surface area contributed by atoms with Crippen LogP contribution in [0.1, 0.15) is 5.56 Å². The number of halogens is 1. The molecule has 0 amide bonds. The third kappa shape index (κ3) is 4.53. The fourth-order valence-electron chi connectivity index (χ4n) is 3.14. The van der Waals surface area contributed by atoms with E-state index >= 15 is 0 Å². The van der Waals surface area contributed by atoms with E-state index in [-0.39, 0.29) is 21.8 Å². The molecule has 0 atom stereocenters. The number of hydrogen-bond donors (Lipinski definition) is 2. The van der Waals surface area contributed by atoms with Crippen molar-refractivity contribution >= 4 is 43.9 Å². The lowest BCUT2D eigenvalue weighted by molar-refractivity contribution is 0.601. The van der Waals surface area contributed by atoms with Crippen LogP contribution in [-0.4, -0.2) is 32.5 Å². The fraction of sp³-hybridized carbons (Fsp3) is 0.0870. The second-order valence-electron chi connectivity index (χ2n) is 7.33. The number of sulfonamides is 1. The summed E-state index contributed by atoms with van der Waals surface area (Å²) in [6, 6.07) is 17.0. The van der Waals surface area contributed by atoms with Crippen LogP contribution in [0.25, 0.3) is 11.0 Å². The number of benzene rings is 3. The van der Waals surface area contributed by atoms with Gasteiger partial charge in [0.2, 0.25) is 0 Å².